The number of pyridine rings is 1. The highest BCUT2D eigenvalue weighted by molar-refractivity contribution is 7.99. The molecule has 1 aliphatic heterocycles. The van der Waals surface area contributed by atoms with Crippen molar-refractivity contribution in [3.05, 3.63) is 53.9 Å². The van der Waals surface area contributed by atoms with Crippen LogP contribution in [0.5, 0.6) is 0 Å². The second-order valence-corrected chi connectivity index (χ2v) is 8.78. The number of aromatic nitrogens is 5. The van der Waals surface area contributed by atoms with Gasteiger partial charge in [-0.2, -0.15) is 0 Å². The topological polar surface area (TPSA) is 97.7 Å². The SMILES string of the molecule is O=C(CSc1nnc(-c2c[nH]c3ccccc23)n1CC1CCCO1)Nc1cccnc1Cl. The molecule has 10 heteroatoms. The number of nitrogens with zero attached hydrogens (tertiary/aromatic N) is 4. The smallest absolute Gasteiger partial charge is 0.234 e. The van der Waals surface area contributed by atoms with Crippen LogP contribution < -0.4 is 5.32 Å². The average molecular weight is 469 g/mol. The number of carbonyl (C=O) groups excluding carboxylic acids is 1. The Morgan fingerprint density at radius 3 is 3.03 bits per heavy atom. The molecular weight excluding hydrogens is 448 g/mol. The number of hydrogen-bond donors (Lipinski definition) is 2. The molecule has 32 heavy (non-hydrogen) atoms. The Bertz CT molecular complexity index is 1250. The first kappa shape index (κ1) is 21.0. The van der Waals surface area contributed by atoms with Crippen molar-refractivity contribution >= 4 is 45.9 Å². The summed E-state index contributed by atoms with van der Waals surface area (Å²) in [5, 5.41) is 13.7. The van der Waals surface area contributed by atoms with Crippen molar-refractivity contribution in [3.63, 3.8) is 0 Å². The second-order valence-electron chi connectivity index (χ2n) is 7.48. The van der Waals surface area contributed by atoms with Gasteiger partial charge in [-0.15, -0.1) is 10.2 Å². The predicted molar refractivity (Wildman–Crippen MR) is 125 cm³/mol. The normalized spacial score (nSPS) is 16.0. The van der Waals surface area contributed by atoms with Crippen molar-refractivity contribution in [1.29, 1.82) is 0 Å². The monoisotopic (exact) mass is 468 g/mol. The maximum Gasteiger partial charge on any atom is 0.234 e. The number of halogens is 1. The molecule has 1 saturated heterocycles. The molecule has 0 bridgehead atoms. The van der Waals surface area contributed by atoms with Gasteiger partial charge in [-0.3, -0.25) is 9.36 Å². The molecule has 1 aliphatic rings. The van der Waals surface area contributed by atoms with Crippen molar-refractivity contribution in [2.45, 2.75) is 30.6 Å². The largest absolute Gasteiger partial charge is 0.376 e. The average Bonchev–Trinajstić information content (AvgIpc) is 3.54. The number of amides is 1. The minimum absolute atomic E-state index is 0.109. The molecule has 1 atom stereocenters. The van der Waals surface area contributed by atoms with E-state index in [1.165, 1.54) is 11.8 Å². The van der Waals surface area contributed by atoms with E-state index in [1.807, 2.05) is 24.4 Å². The van der Waals surface area contributed by atoms with Crippen molar-refractivity contribution in [2.75, 3.05) is 17.7 Å². The molecule has 164 valence electrons. The van der Waals surface area contributed by atoms with Crippen LogP contribution in [0.2, 0.25) is 5.15 Å². The molecule has 0 spiro atoms. The fourth-order valence-corrected chi connectivity index (χ4v) is 4.72. The summed E-state index contributed by atoms with van der Waals surface area (Å²) in [6.07, 6.45) is 5.68. The number of fused-ring (bicyclic) bond motifs is 1. The highest BCUT2D eigenvalue weighted by Gasteiger charge is 2.23. The Kier molecular flexibility index (Phi) is 6.11. The first-order valence-corrected chi connectivity index (χ1v) is 11.7. The van der Waals surface area contributed by atoms with Crippen LogP contribution >= 0.6 is 23.4 Å². The second kappa shape index (κ2) is 9.32. The molecule has 1 unspecified atom stereocenters. The van der Waals surface area contributed by atoms with Crippen LogP contribution in [-0.2, 0) is 16.1 Å². The Labute approximate surface area is 193 Å². The third-order valence-corrected chi connectivity index (χ3v) is 6.59. The van der Waals surface area contributed by atoms with Crippen molar-refractivity contribution in [3.8, 4) is 11.4 Å². The van der Waals surface area contributed by atoms with Crippen LogP contribution in [0.1, 0.15) is 12.8 Å². The molecule has 8 nitrogen and oxygen atoms in total. The number of anilines is 1. The Hall–Kier alpha value is -2.88. The number of thioether (sulfide) groups is 1. The lowest BCUT2D eigenvalue weighted by Gasteiger charge is -2.14. The number of para-hydroxylation sites is 1. The minimum atomic E-state index is -0.190. The number of aromatic amines is 1. The van der Waals surface area contributed by atoms with Gasteiger partial charge in [0.15, 0.2) is 16.1 Å². The maximum atomic E-state index is 12.5. The summed E-state index contributed by atoms with van der Waals surface area (Å²) in [4.78, 5) is 19.8. The molecule has 0 aliphatic carbocycles. The van der Waals surface area contributed by atoms with E-state index in [1.54, 1.807) is 18.3 Å². The van der Waals surface area contributed by atoms with Gasteiger partial charge in [0, 0.05) is 35.5 Å². The van der Waals surface area contributed by atoms with E-state index in [2.05, 4.69) is 36.1 Å². The molecular formula is C22H21ClN6O2S. The molecule has 2 N–H and O–H groups in total. The fraction of sp³-hybridized carbons (Fsp3) is 0.273. The molecule has 4 aromatic rings. The van der Waals surface area contributed by atoms with E-state index in [0.29, 0.717) is 17.4 Å². The van der Waals surface area contributed by atoms with Crippen LogP contribution in [0.4, 0.5) is 5.69 Å². The Morgan fingerprint density at radius 2 is 2.19 bits per heavy atom. The van der Waals surface area contributed by atoms with Gasteiger partial charge in [0.1, 0.15) is 0 Å². The molecule has 3 aromatic heterocycles. The molecule has 1 fully saturated rings. The van der Waals surface area contributed by atoms with E-state index in [4.69, 9.17) is 16.3 Å². The van der Waals surface area contributed by atoms with Crippen molar-refractivity contribution < 1.29 is 9.53 Å². The molecule has 0 radical (unpaired) electrons. The number of H-pyrrole nitrogens is 1. The van der Waals surface area contributed by atoms with Crippen LogP contribution in [0.3, 0.4) is 0 Å². The van der Waals surface area contributed by atoms with Crippen LogP contribution in [-0.4, -0.2) is 49.1 Å². The quantitative estimate of drug-likeness (QED) is 0.308. The van der Waals surface area contributed by atoms with Gasteiger partial charge in [0.25, 0.3) is 0 Å². The maximum absolute atomic E-state index is 12.5. The molecule has 0 saturated carbocycles. The standard InChI is InChI=1S/C22H21ClN6O2S/c23-20-18(8-3-9-24-20)26-19(30)13-32-22-28-27-21(29(22)12-14-5-4-10-31-14)16-11-25-17-7-2-1-6-15(16)17/h1-3,6-9,11,14,25H,4-5,10,12-13H2,(H,26,30). The molecule has 1 amide bonds. The minimum Gasteiger partial charge on any atom is -0.376 e. The number of rotatable bonds is 7. The molecule has 1 aromatic carbocycles. The van der Waals surface area contributed by atoms with Gasteiger partial charge >= 0.3 is 0 Å². The highest BCUT2D eigenvalue weighted by atomic mass is 35.5. The summed E-state index contributed by atoms with van der Waals surface area (Å²) < 4.78 is 7.92. The van der Waals surface area contributed by atoms with Gasteiger partial charge < -0.3 is 15.0 Å². The number of ether oxygens (including phenoxy) is 1. The lowest BCUT2D eigenvalue weighted by atomic mass is 10.1. The number of carbonyl (C=O) groups is 1. The number of hydrogen-bond acceptors (Lipinski definition) is 6. The third kappa shape index (κ3) is 4.36. The van der Waals surface area contributed by atoms with Crippen molar-refractivity contribution in [1.82, 2.24) is 24.7 Å². The zero-order chi connectivity index (χ0) is 21.9. The summed E-state index contributed by atoms with van der Waals surface area (Å²) in [7, 11) is 0. The van der Waals surface area contributed by atoms with Crippen LogP contribution in [0.25, 0.3) is 22.3 Å². The summed E-state index contributed by atoms with van der Waals surface area (Å²) in [5.41, 5.74) is 2.50. The Balaban J connectivity index is 1.39. The van der Waals surface area contributed by atoms with Gasteiger partial charge in [0.05, 0.1) is 24.1 Å². The van der Waals surface area contributed by atoms with E-state index < -0.39 is 0 Å². The summed E-state index contributed by atoms with van der Waals surface area (Å²) in [5.74, 6) is 0.740. The molecule has 5 rings (SSSR count). The Morgan fingerprint density at radius 1 is 1.28 bits per heavy atom. The van der Waals surface area contributed by atoms with Crippen LogP contribution in [0.15, 0.2) is 53.9 Å². The fourth-order valence-electron chi connectivity index (χ4n) is 3.80. The lowest BCUT2D eigenvalue weighted by molar-refractivity contribution is -0.113. The first-order valence-electron chi connectivity index (χ1n) is 10.3. The summed E-state index contributed by atoms with van der Waals surface area (Å²) in [6.45, 7) is 1.41. The number of nitrogens with one attached hydrogen (secondary N) is 2. The highest BCUT2D eigenvalue weighted by Crippen LogP contribution is 2.31. The summed E-state index contributed by atoms with van der Waals surface area (Å²) >= 11 is 7.37. The van der Waals surface area contributed by atoms with Gasteiger partial charge in [-0.05, 0) is 31.0 Å². The van der Waals surface area contributed by atoms with Gasteiger partial charge in [-0.1, -0.05) is 41.6 Å². The lowest BCUT2D eigenvalue weighted by Crippen LogP contribution is -2.18. The zero-order valence-corrected chi connectivity index (χ0v) is 18.7. The van der Waals surface area contributed by atoms with Gasteiger partial charge in [0.2, 0.25) is 5.91 Å². The van der Waals surface area contributed by atoms with E-state index in [9.17, 15) is 4.79 Å². The first-order chi connectivity index (χ1) is 15.7. The van der Waals surface area contributed by atoms with Crippen LogP contribution in [0, 0.1) is 0 Å². The van der Waals surface area contributed by atoms with E-state index in [-0.39, 0.29) is 22.9 Å². The third-order valence-electron chi connectivity index (χ3n) is 5.32. The van der Waals surface area contributed by atoms with E-state index in [0.717, 1.165) is 41.7 Å². The van der Waals surface area contributed by atoms with E-state index >= 15 is 0 Å². The summed E-state index contributed by atoms with van der Waals surface area (Å²) in [6, 6.07) is 11.5. The predicted octanol–water partition coefficient (Wildman–Crippen LogP) is 4.38. The van der Waals surface area contributed by atoms with Gasteiger partial charge in [-0.25, -0.2) is 4.98 Å². The molecule has 4 heterocycles. The number of benzene rings is 1. The van der Waals surface area contributed by atoms with Crippen molar-refractivity contribution in [2.24, 2.45) is 0 Å². The zero-order valence-electron chi connectivity index (χ0n) is 17.1.